The third-order valence-corrected chi connectivity index (χ3v) is 6.13. The molecule has 5 nitrogen and oxygen atoms in total. The molecule has 5 heteroatoms. The van der Waals surface area contributed by atoms with Crippen LogP contribution in [0.1, 0.15) is 42.4 Å². The van der Waals surface area contributed by atoms with Crippen LogP contribution in [0.15, 0.2) is 30.6 Å². The molecule has 0 atom stereocenters. The van der Waals surface area contributed by atoms with Gasteiger partial charge in [-0.1, -0.05) is 13.0 Å². The van der Waals surface area contributed by atoms with Crippen molar-refractivity contribution in [2.45, 2.75) is 39.0 Å². The molecule has 0 unspecified atom stereocenters. The molecule has 0 spiro atoms. The second kappa shape index (κ2) is 6.50. The van der Waals surface area contributed by atoms with Gasteiger partial charge in [-0.25, -0.2) is 4.98 Å². The maximum Gasteiger partial charge on any atom is 0.155 e. The van der Waals surface area contributed by atoms with E-state index in [1.165, 1.54) is 51.7 Å². The first kappa shape index (κ1) is 16.5. The fourth-order valence-corrected chi connectivity index (χ4v) is 4.78. The van der Waals surface area contributed by atoms with E-state index < -0.39 is 0 Å². The number of aryl methyl sites for hydroxylation is 2. The number of H-pyrrole nitrogens is 2. The number of aromatic amines is 2. The Bertz CT molecular complexity index is 1110. The Hall–Kier alpha value is -2.66. The molecule has 27 heavy (non-hydrogen) atoms. The Morgan fingerprint density at radius 2 is 2.00 bits per heavy atom. The van der Waals surface area contributed by atoms with Crippen molar-refractivity contribution in [2.75, 3.05) is 13.1 Å². The van der Waals surface area contributed by atoms with Crippen LogP contribution in [-0.4, -0.2) is 33.3 Å². The third kappa shape index (κ3) is 2.57. The standard InChI is InChI=1S/C22H25N5/c1-3-15-20-13(2)16(14-6-9-23-10-7-14)4-5-19(20)26-21(15)17-8-11-24-22-18(17)12-25-27-22/h4-5,8,11-12,14,23,26H,3,6-7,9-10H2,1-2H3,(H,24,25,27). The molecule has 0 amide bonds. The maximum absolute atomic E-state index is 4.39. The molecular weight excluding hydrogens is 334 g/mol. The van der Waals surface area contributed by atoms with E-state index in [4.69, 9.17) is 0 Å². The number of nitrogens with one attached hydrogen (secondary N) is 3. The highest BCUT2D eigenvalue weighted by Crippen LogP contribution is 2.38. The Kier molecular flexibility index (Phi) is 3.97. The van der Waals surface area contributed by atoms with Gasteiger partial charge in [-0.3, -0.25) is 5.10 Å². The fraction of sp³-hybridized carbons (Fsp3) is 0.364. The van der Waals surface area contributed by atoms with Crippen LogP contribution in [0.2, 0.25) is 0 Å². The lowest BCUT2D eigenvalue weighted by Crippen LogP contribution is -2.26. The summed E-state index contributed by atoms with van der Waals surface area (Å²) in [7, 11) is 0. The minimum atomic E-state index is 0.667. The molecule has 4 aromatic rings. The van der Waals surface area contributed by atoms with Gasteiger partial charge >= 0.3 is 0 Å². The molecule has 1 aromatic carbocycles. The van der Waals surface area contributed by atoms with Crippen LogP contribution < -0.4 is 5.32 Å². The summed E-state index contributed by atoms with van der Waals surface area (Å²) < 4.78 is 0. The van der Waals surface area contributed by atoms with Crippen LogP contribution in [0.4, 0.5) is 0 Å². The monoisotopic (exact) mass is 359 g/mol. The van der Waals surface area contributed by atoms with Crippen molar-refractivity contribution >= 4 is 21.9 Å². The number of nitrogens with zero attached hydrogens (tertiary/aromatic N) is 2. The number of pyridine rings is 1. The summed E-state index contributed by atoms with van der Waals surface area (Å²) in [6, 6.07) is 6.70. The number of aromatic nitrogens is 4. The summed E-state index contributed by atoms with van der Waals surface area (Å²) in [6.07, 6.45) is 7.17. The lowest BCUT2D eigenvalue weighted by Gasteiger charge is -2.25. The first-order valence-electron chi connectivity index (χ1n) is 9.91. The van der Waals surface area contributed by atoms with Gasteiger partial charge in [0.05, 0.1) is 11.9 Å². The third-order valence-electron chi connectivity index (χ3n) is 6.13. The van der Waals surface area contributed by atoms with Crippen molar-refractivity contribution in [1.82, 2.24) is 25.5 Å². The number of hydrogen-bond donors (Lipinski definition) is 3. The van der Waals surface area contributed by atoms with Crippen molar-refractivity contribution in [3.05, 3.63) is 47.3 Å². The van der Waals surface area contributed by atoms with Crippen LogP contribution in [-0.2, 0) is 6.42 Å². The van der Waals surface area contributed by atoms with Gasteiger partial charge < -0.3 is 10.3 Å². The molecule has 4 heterocycles. The summed E-state index contributed by atoms with van der Waals surface area (Å²) in [6.45, 7) is 6.79. The topological polar surface area (TPSA) is 69.4 Å². The van der Waals surface area contributed by atoms with Gasteiger partial charge in [-0.05, 0) is 74.0 Å². The minimum Gasteiger partial charge on any atom is -0.354 e. The highest BCUT2D eigenvalue weighted by Gasteiger charge is 2.22. The van der Waals surface area contributed by atoms with Crippen LogP contribution in [0.3, 0.4) is 0 Å². The van der Waals surface area contributed by atoms with Crippen molar-refractivity contribution in [2.24, 2.45) is 0 Å². The minimum absolute atomic E-state index is 0.667. The largest absolute Gasteiger partial charge is 0.354 e. The van der Waals surface area contributed by atoms with E-state index in [0.29, 0.717) is 5.92 Å². The number of benzene rings is 1. The highest BCUT2D eigenvalue weighted by atomic mass is 15.1. The molecule has 0 bridgehead atoms. The van der Waals surface area contributed by atoms with Crippen LogP contribution >= 0.6 is 0 Å². The smallest absolute Gasteiger partial charge is 0.155 e. The summed E-state index contributed by atoms with van der Waals surface area (Å²) in [4.78, 5) is 8.09. The maximum atomic E-state index is 4.39. The molecule has 3 aromatic heterocycles. The number of rotatable bonds is 3. The second-order valence-corrected chi connectivity index (χ2v) is 7.55. The Balaban J connectivity index is 1.73. The van der Waals surface area contributed by atoms with E-state index in [1.54, 1.807) is 0 Å². The van der Waals surface area contributed by atoms with Gasteiger partial charge in [0.15, 0.2) is 5.65 Å². The van der Waals surface area contributed by atoms with E-state index >= 15 is 0 Å². The molecule has 0 saturated carbocycles. The van der Waals surface area contributed by atoms with Gasteiger partial charge in [0.25, 0.3) is 0 Å². The fourth-order valence-electron chi connectivity index (χ4n) is 4.78. The zero-order valence-electron chi connectivity index (χ0n) is 15.9. The second-order valence-electron chi connectivity index (χ2n) is 7.55. The quantitative estimate of drug-likeness (QED) is 0.506. The number of fused-ring (bicyclic) bond motifs is 2. The Labute approximate surface area is 158 Å². The SMILES string of the molecule is CCc1c(-c2ccnc3[nH]ncc23)[nH]c2ccc(C3CCNCC3)c(C)c12. The van der Waals surface area contributed by atoms with Crippen LogP contribution in [0.5, 0.6) is 0 Å². The molecule has 1 aliphatic heterocycles. The van der Waals surface area contributed by atoms with Crippen molar-refractivity contribution in [1.29, 1.82) is 0 Å². The number of piperidine rings is 1. The van der Waals surface area contributed by atoms with Gasteiger partial charge in [0, 0.05) is 28.0 Å². The van der Waals surface area contributed by atoms with Crippen LogP contribution in [0.25, 0.3) is 33.2 Å². The molecule has 1 saturated heterocycles. The Morgan fingerprint density at radius 3 is 2.81 bits per heavy atom. The number of hydrogen-bond acceptors (Lipinski definition) is 3. The summed E-state index contributed by atoms with van der Waals surface area (Å²) >= 11 is 0. The lowest BCUT2D eigenvalue weighted by atomic mass is 9.85. The van der Waals surface area contributed by atoms with E-state index in [2.05, 4.69) is 57.5 Å². The first-order chi connectivity index (χ1) is 13.3. The lowest BCUT2D eigenvalue weighted by molar-refractivity contribution is 0.459. The van der Waals surface area contributed by atoms with Gasteiger partial charge in [0.1, 0.15) is 0 Å². The summed E-state index contributed by atoms with van der Waals surface area (Å²) in [5.74, 6) is 0.667. The van der Waals surface area contributed by atoms with Gasteiger partial charge in [-0.2, -0.15) is 5.10 Å². The van der Waals surface area contributed by atoms with Crippen LogP contribution in [0, 0.1) is 6.92 Å². The van der Waals surface area contributed by atoms with Crippen molar-refractivity contribution < 1.29 is 0 Å². The zero-order chi connectivity index (χ0) is 18.4. The zero-order valence-corrected chi connectivity index (χ0v) is 15.9. The van der Waals surface area contributed by atoms with Crippen molar-refractivity contribution in [3.63, 3.8) is 0 Å². The van der Waals surface area contributed by atoms with Gasteiger partial charge in [0.2, 0.25) is 0 Å². The average Bonchev–Trinajstić information content (AvgIpc) is 3.33. The van der Waals surface area contributed by atoms with E-state index in [9.17, 15) is 0 Å². The predicted octanol–water partition coefficient (Wildman–Crippen LogP) is 4.44. The van der Waals surface area contributed by atoms with E-state index in [0.717, 1.165) is 30.5 Å². The van der Waals surface area contributed by atoms with E-state index in [1.807, 2.05) is 12.4 Å². The molecule has 1 fully saturated rings. The normalized spacial score (nSPS) is 15.8. The molecule has 138 valence electrons. The van der Waals surface area contributed by atoms with Gasteiger partial charge in [-0.15, -0.1) is 0 Å². The first-order valence-corrected chi connectivity index (χ1v) is 9.91. The molecule has 0 aliphatic carbocycles. The molecular formula is C22H25N5. The Morgan fingerprint density at radius 1 is 1.15 bits per heavy atom. The highest BCUT2D eigenvalue weighted by molar-refractivity contribution is 5.99. The molecule has 1 aliphatic rings. The average molecular weight is 359 g/mol. The summed E-state index contributed by atoms with van der Waals surface area (Å²) in [5, 5.41) is 13.1. The van der Waals surface area contributed by atoms with Crippen molar-refractivity contribution in [3.8, 4) is 11.3 Å². The van der Waals surface area contributed by atoms with E-state index in [-0.39, 0.29) is 0 Å². The molecule has 0 radical (unpaired) electrons. The summed E-state index contributed by atoms with van der Waals surface area (Å²) in [5.41, 5.74) is 8.79. The predicted molar refractivity (Wildman–Crippen MR) is 110 cm³/mol. The molecule has 3 N–H and O–H groups in total. The molecule has 5 rings (SSSR count).